The summed E-state index contributed by atoms with van der Waals surface area (Å²) in [7, 11) is -0.00272. The van der Waals surface area contributed by atoms with Crippen LogP contribution in [-0.4, -0.2) is 39.6 Å². The third-order valence-electron chi connectivity index (χ3n) is 6.00. The van der Waals surface area contributed by atoms with Crippen molar-refractivity contribution < 1.29 is 27.4 Å². The predicted octanol–water partition coefficient (Wildman–Crippen LogP) is 3.95. The lowest BCUT2D eigenvalue weighted by Crippen LogP contribution is -2.13. The minimum Gasteiger partial charge on any atom is -0.497 e. The number of nitrogens with zero attached hydrogens (tertiary/aromatic N) is 3. The van der Waals surface area contributed by atoms with Crippen molar-refractivity contribution in [2.75, 3.05) is 25.8 Å². The fourth-order valence-corrected chi connectivity index (χ4v) is 4.93. The largest absolute Gasteiger partial charge is 0.519 e. The Morgan fingerprint density at radius 2 is 1.78 bits per heavy atom. The number of imidazole rings is 1. The zero-order valence-electron chi connectivity index (χ0n) is 22.4. The number of aromatic nitrogens is 4. The number of nitrogens with one attached hydrogen (secondary N) is 1. The Bertz CT molecular complexity index is 1710. The van der Waals surface area contributed by atoms with Gasteiger partial charge in [0.25, 0.3) is 5.56 Å². The quantitative estimate of drug-likeness (QED) is 0.152. The molecule has 1 atom stereocenters. The summed E-state index contributed by atoms with van der Waals surface area (Å²) in [6.45, 7) is 2.86. The smallest absolute Gasteiger partial charge is 0.497 e. The summed E-state index contributed by atoms with van der Waals surface area (Å²) >= 11 is 0. The van der Waals surface area contributed by atoms with Crippen LogP contribution in [0.2, 0.25) is 0 Å². The van der Waals surface area contributed by atoms with Gasteiger partial charge in [-0.05, 0) is 36.8 Å². The minimum atomic E-state index is -1.57. The minimum absolute atomic E-state index is 0.00602. The van der Waals surface area contributed by atoms with Crippen molar-refractivity contribution in [3.8, 4) is 17.1 Å². The molecule has 0 aliphatic carbocycles. The Balaban J connectivity index is 1.24. The first-order chi connectivity index (χ1) is 19.9. The lowest BCUT2D eigenvalue weighted by atomic mass is 10.1. The molecule has 0 aliphatic rings. The molecule has 1 unspecified atom stereocenters. The maximum Gasteiger partial charge on any atom is 0.519 e. The van der Waals surface area contributed by atoms with E-state index >= 15 is 0 Å². The van der Waals surface area contributed by atoms with Gasteiger partial charge in [-0.3, -0.25) is 9.78 Å². The Morgan fingerprint density at radius 3 is 2.54 bits per heavy atom. The van der Waals surface area contributed by atoms with E-state index in [2.05, 4.69) is 15.0 Å². The van der Waals surface area contributed by atoms with E-state index in [0.29, 0.717) is 30.1 Å². The molecule has 41 heavy (non-hydrogen) atoms. The number of nitrogen functional groups attached to an aromatic ring is 1. The Labute approximate surface area is 234 Å². The number of ether oxygens (including phenoxy) is 2. The van der Waals surface area contributed by atoms with Crippen LogP contribution in [-0.2, 0) is 33.5 Å². The Hall–Kier alpha value is -4.29. The molecule has 214 valence electrons. The standard InChI is InChI=1S/C27H28N5O8P/c1-17-3-5-18(6-4-17)13-37-41(16-36-12-11-32-15-29-22-24(32)30-26(28)31-25(22)33)38-14-21-23(40-27(34)39-21)19-7-9-20(35-2)10-8-19/h3-10,15H,11-14,16H2,1-2H3,(H3,28,30,31,33). The van der Waals surface area contributed by atoms with Crippen molar-refractivity contribution in [3.05, 3.63) is 92.7 Å². The number of aromatic amines is 1. The molecule has 5 rings (SSSR count). The molecular weight excluding hydrogens is 553 g/mol. The number of benzene rings is 2. The zero-order valence-corrected chi connectivity index (χ0v) is 23.3. The summed E-state index contributed by atoms with van der Waals surface area (Å²) in [6, 6.07) is 15.0. The van der Waals surface area contributed by atoms with Gasteiger partial charge in [0.1, 0.15) is 18.7 Å². The van der Waals surface area contributed by atoms with Crippen LogP contribution in [0.15, 0.2) is 73.3 Å². The molecule has 5 aromatic rings. The first-order valence-corrected chi connectivity index (χ1v) is 13.9. The summed E-state index contributed by atoms with van der Waals surface area (Å²) in [6.07, 6.45) is 1.63. The number of hydrogen-bond donors (Lipinski definition) is 2. The van der Waals surface area contributed by atoms with Crippen molar-refractivity contribution in [3.63, 3.8) is 0 Å². The Morgan fingerprint density at radius 1 is 1.02 bits per heavy atom. The van der Waals surface area contributed by atoms with Gasteiger partial charge < -0.3 is 37.7 Å². The molecular formula is C27H28N5O8P. The normalized spacial score (nSPS) is 12.1. The van der Waals surface area contributed by atoms with Crippen LogP contribution in [0.5, 0.6) is 5.75 Å². The van der Waals surface area contributed by atoms with E-state index in [1.165, 1.54) is 6.33 Å². The molecule has 3 heterocycles. The molecule has 0 amide bonds. The van der Waals surface area contributed by atoms with E-state index in [0.717, 1.165) is 11.1 Å². The van der Waals surface area contributed by atoms with Crippen LogP contribution in [0.4, 0.5) is 5.95 Å². The molecule has 0 radical (unpaired) electrons. The van der Waals surface area contributed by atoms with Gasteiger partial charge >= 0.3 is 5.82 Å². The third-order valence-corrected chi connectivity index (χ3v) is 7.23. The van der Waals surface area contributed by atoms with Crippen molar-refractivity contribution in [1.82, 2.24) is 19.5 Å². The van der Waals surface area contributed by atoms with Gasteiger partial charge in [-0.2, -0.15) is 4.98 Å². The van der Waals surface area contributed by atoms with Crippen LogP contribution in [0.25, 0.3) is 22.5 Å². The summed E-state index contributed by atoms with van der Waals surface area (Å²) < 4.78 is 35.4. The van der Waals surface area contributed by atoms with E-state index in [1.807, 2.05) is 31.2 Å². The van der Waals surface area contributed by atoms with Gasteiger partial charge in [0.15, 0.2) is 31.1 Å². The van der Waals surface area contributed by atoms with E-state index < -0.39 is 19.8 Å². The molecule has 0 aliphatic heterocycles. The first kappa shape index (κ1) is 28.2. The fraction of sp³-hybridized carbons (Fsp3) is 0.259. The summed E-state index contributed by atoms with van der Waals surface area (Å²) in [5.41, 5.74) is 8.57. The summed E-state index contributed by atoms with van der Waals surface area (Å²) in [4.78, 5) is 34.6. The highest BCUT2D eigenvalue weighted by Crippen LogP contribution is 2.41. The van der Waals surface area contributed by atoms with E-state index in [1.54, 1.807) is 35.9 Å². The molecule has 0 saturated carbocycles. The SMILES string of the molecule is COc1ccc(-c2oc(=O)oc2COP(COCCn2cnc3c(=O)[nH]c(N)nc32)OCc2ccc(C)cc2)cc1. The average molecular weight is 582 g/mol. The molecule has 13 nitrogen and oxygen atoms in total. The van der Waals surface area contributed by atoms with Crippen LogP contribution < -0.4 is 21.9 Å². The Kier molecular flexibility index (Phi) is 8.90. The van der Waals surface area contributed by atoms with Gasteiger partial charge in [-0.25, -0.2) is 9.78 Å². The number of anilines is 1. The maximum absolute atomic E-state index is 12.0. The number of nitrogens with two attached hydrogens (primary N) is 1. The number of aryl methyl sites for hydroxylation is 1. The zero-order chi connectivity index (χ0) is 28.8. The van der Waals surface area contributed by atoms with Gasteiger partial charge in [-0.15, -0.1) is 0 Å². The molecule has 3 aromatic heterocycles. The van der Waals surface area contributed by atoms with Crippen LogP contribution >= 0.6 is 8.38 Å². The number of methoxy groups -OCH3 is 1. The molecule has 2 aromatic carbocycles. The highest BCUT2D eigenvalue weighted by atomic mass is 31.2. The van der Waals surface area contributed by atoms with Crippen LogP contribution in [0.3, 0.4) is 0 Å². The third kappa shape index (κ3) is 7.08. The van der Waals surface area contributed by atoms with Crippen molar-refractivity contribution in [2.24, 2.45) is 0 Å². The highest BCUT2D eigenvalue weighted by Gasteiger charge is 2.20. The van der Waals surface area contributed by atoms with Gasteiger partial charge in [0.05, 0.1) is 26.7 Å². The van der Waals surface area contributed by atoms with Gasteiger partial charge in [0, 0.05) is 12.1 Å². The van der Waals surface area contributed by atoms with Crippen molar-refractivity contribution >= 4 is 25.5 Å². The predicted molar refractivity (Wildman–Crippen MR) is 150 cm³/mol. The maximum atomic E-state index is 12.0. The van der Waals surface area contributed by atoms with Crippen LogP contribution in [0, 0.1) is 6.92 Å². The first-order valence-electron chi connectivity index (χ1n) is 12.5. The topological polar surface area (TPSA) is 170 Å². The molecule has 0 spiro atoms. The van der Waals surface area contributed by atoms with Crippen molar-refractivity contribution in [1.29, 1.82) is 0 Å². The summed E-state index contributed by atoms with van der Waals surface area (Å²) in [5, 5.41) is 0. The number of fused-ring (bicyclic) bond motifs is 1. The second-order valence-corrected chi connectivity index (χ2v) is 10.3. The van der Waals surface area contributed by atoms with E-state index in [-0.39, 0.29) is 42.5 Å². The van der Waals surface area contributed by atoms with Crippen LogP contribution in [0.1, 0.15) is 16.9 Å². The lowest BCUT2D eigenvalue weighted by molar-refractivity contribution is 0.136. The number of H-pyrrole nitrogens is 1. The highest BCUT2D eigenvalue weighted by molar-refractivity contribution is 7.46. The fourth-order valence-electron chi connectivity index (χ4n) is 3.88. The number of hydrogen-bond acceptors (Lipinski definition) is 11. The second-order valence-electron chi connectivity index (χ2n) is 8.90. The van der Waals surface area contributed by atoms with Gasteiger partial charge in [-0.1, -0.05) is 29.8 Å². The number of rotatable bonds is 13. The van der Waals surface area contributed by atoms with Gasteiger partial charge in [0.2, 0.25) is 5.95 Å². The monoisotopic (exact) mass is 581 g/mol. The van der Waals surface area contributed by atoms with E-state index in [4.69, 9.17) is 33.1 Å². The summed E-state index contributed by atoms with van der Waals surface area (Å²) in [5.74, 6) is 0.325. The molecule has 0 bridgehead atoms. The average Bonchev–Trinajstić information content (AvgIpc) is 3.56. The second kappa shape index (κ2) is 12.9. The molecule has 3 N–H and O–H groups in total. The molecule has 14 heteroatoms. The molecule has 0 saturated heterocycles. The van der Waals surface area contributed by atoms with E-state index in [9.17, 15) is 9.59 Å². The lowest BCUT2D eigenvalue weighted by Gasteiger charge is -2.17. The molecule has 0 fully saturated rings. The van der Waals surface area contributed by atoms with Crippen molar-refractivity contribution in [2.45, 2.75) is 26.7 Å².